The Balaban J connectivity index is 2.98. The van der Waals surface area contributed by atoms with Crippen LogP contribution in [-0.2, 0) is 0 Å². The summed E-state index contributed by atoms with van der Waals surface area (Å²) in [5, 5.41) is 0. The van der Waals surface area contributed by atoms with Crippen molar-refractivity contribution in [3.8, 4) is 0 Å². The molecule has 0 radical (unpaired) electrons. The van der Waals surface area contributed by atoms with Gasteiger partial charge in [0, 0.05) is 0 Å². The first kappa shape index (κ1) is 9.91. The van der Waals surface area contributed by atoms with Crippen molar-refractivity contribution >= 4 is 17.6 Å². The van der Waals surface area contributed by atoms with Gasteiger partial charge in [-0.2, -0.15) is 0 Å². The molecule has 0 aliphatic heterocycles. The van der Waals surface area contributed by atoms with Gasteiger partial charge in [-0.1, -0.05) is 0 Å². The summed E-state index contributed by atoms with van der Waals surface area (Å²) in [6.45, 7) is 1.12. The first-order valence-corrected chi connectivity index (χ1v) is 6.85. The molecule has 0 aliphatic rings. The van der Waals surface area contributed by atoms with E-state index < -0.39 is 17.6 Å². The summed E-state index contributed by atoms with van der Waals surface area (Å²) in [6.07, 6.45) is 1.19. The molecule has 0 saturated heterocycles. The van der Waals surface area contributed by atoms with E-state index in [1.807, 2.05) is 0 Å². The molecule has 10 heavy (non-hydrogen) atoms. The van der Waals surface area contributed by atoms with Gasteiger partial charge in [-0.3, -0.25) is 0 Å². The molecular weight excluding hydrogens is 186 g/mol. The van der Waals surface area contributed by atoms with Crippen molar-refractivity contribution in [1.82, 2.24) is 4.90 Å². The summed E-state index contributed by atoms with van der Waals surface area (Å²) in [6, 6.07) is 0. The normalized spacial score (nSPS) is 9.10. The molecule has 0 saturated carbocycles. The van der Waals surface area contributed by atoms with Crippen LogP contribution in [0.25, 0.3) is 10.4 Å². The molecule has 0 aromatic heterocycles. The summed E-state index contributed by atoms with van der Waals surface area (Å²) in [7, 11) is 4.11. The van der Waals surface area contributed by atoms with Crippen molar-refractivity contribution in [3.63, 3.8) is 0 Å². The van der Waals surface area contributed by atoms with Crippen LogP contribution in [0.2, 0.25) is 4.98 Å². The molecular formula is C5H13GaN4. The molecule has 0 aliphatic carbocycles. The Morgan fingerprint density at radius 3 is 2.80 bits per heavy atom. The zero-order chi connectivity index (χ0) is 7.82. The molecule has 0 spiro atoms. The molecule has 0 rings (SSSR count). The third-order valence-electron chi connectivity index (χ3n) is 1.18. The number of nitrogens with zero attached hydrogens (tertiary/aromatic N) is 4. The van der Waals surface area contributed by atoms with E-state index in [-0.39, 0.29) is 0 Å². The van der Waals surface area contributed by atoms with Gasteiger partial charge in [0.15, 0.2) is 0 Å². The van der Waals surface area contributed by atoms with Gasteiger partial charge >= 0.3 is 68.8 Å². The Morgan fingerprint density at radius 1 is 1.60 bits per heavy atom. The first-order valence-electron chi connectivity index (χ1n) is 3.43. The van der Waals surface area contributed by atoms with Crippen molar-refractivity contribution in [1.29, 1.82) is 0 Å². The van der Waals surface area contributed by atoms with Crippen LogP contribution < -0.4 is 0 Å². The Kier molecular flexibility index (Phi) is 6.95. The zero-order valence-corrected chi connectivity index (χ0v) is 9.58. The average molecular weight is 199 g/mol. The Morgan fingerprint density at radius 2 is 2.30 bits per heavy atom. The SMILES string of the molecule is CN(C)CC[CH2][GaH][N]=[N+]=[N-]. The molecule has 0 amide bonds. The molecule has 0 N–H and O–H groups in total. The molecule has 0 aromatic carbocycles. The van der Waals surface area contributed by atoms with E-state index >= 15 is 0 Å². The van der Waals surface area contributed by atoms with Crippen LogP contribution in [0.15, 0.2) is 3.82 Å². The molecule has 56 valence electrons. The molecule has 4 nitrogen and oxygen atoms in total. The second kappa shape index (κ2) is 7.02. The molecule has 0 bridgehead atoms. The van der Waals surface area contributed by atoms with Crippen LogP contribution in [0.1, 0.15) is 6.42 Å². The molecule has 0 aromatic rings. The van der Waals surface area contributed by atoms with Gasteiger partial charge in [-0.05, 0) is 0 Å². The predicted octanol–water partition coefficient (Wildman–Crippen LogP) is 1.02. The third-order valence-corrected chi connectivity index (χ3v) is 3.57. The number of rotatable bonds is 5. The fourth-order valence-corrected chi connectivity index (χ4v) is 2.08. The van der Waals surface area contributed by atoms with Gasteiger partial charge < -0.3 is 0 Å². The third kappa shape index (κ3) is 7.91. The summed E-state index contributed by atoms with van der Waals surface area (Å²) in [4.78, 5) is 6.07. The number of hydrogen-bond donors (Lipinski definition) is 0. The summed E-state index contributed by atoms with van der Waals surface area (Å²) < 4.78 is 3.62. The van der Waals surface area contributed by atoms with E-state index in [1.54, 1.807) is 0 Å². The molecule has 0 heterocycles. The second-order valence-electron chi connectivity index (χ2n) is 2.46. The Hall–Kier alpha value is -0.0936. The van der Waals surface area contributed by atoms with Crippen molar-refractivity contribution in [2.24, 2.45) is 3.82 Å². The van der Waals surface area contributed by atoms with Gasteiger partial charge in [-0.25, -0.2) is 0 Å². The van der Waals surface area contributed by atoms with Gasteiger partial charge in [0.05, 0.1) is 0 Å². The van der Waals surface area contributed by atoms with Gasteiger partial charge in [0.25, 0.3) is 0 Å². The van der Waals surface area contributed by atoms with E-state index in [1.165, 1.54) is 11.4 Å². The van der Waals surface area contributed by atoms with Gasteiger partial charge in [0.2, 0.25) is 0 Å². The van der Waals surface area contributed by atoms with Gasteiger partial charge in [-0.15, -0.1) is 0 Å². The van der Waals surface area contributed by atoms with Crippen LogP contribution in [0.3, 0.4) is 0 Å². The maximum atomic E-state index is 7.97. The van der Waals surface area contributed by atoms with Crippen LogP contribution in [-0.4, -0.2) is 43.2 Å². The number of hydrogen-bond acceptors (Lipinski definition) is 2. The zero-order valence-electron chi connectivity index (χ0n) is 6.62. The van der Waals surface area contributed by atoms with Crippen LogP contribution >= 0.6 is 0 Å². The molecule has 0 unspecified atom stereocenters. The Bertz CT molecular complexity index is 119. The van der Waals surface area contributed by atoms with Crippen molar-refractivity contribution < 1.29 is 0 Å². The van der Waals surface area contributed by atoms with Crippen LogP contribution in [0, 0.1) is 0 Å². The van der Waals surface area contributed by atoms with Crippen molar-refractivity contribution in [3.05, 3.63) is 10.4 Å². The topological polar surface area (TPSA) is 52.0 Å². The second-order valence-corrected chi connectivity index (χ2v) is 5.48. The van der Waals surface area contributed by atoms with Crippen LogP contribution in [0.4, 0.5) is 0 Å². The first-order chi connectivity index (χ1) is 4.77. The van der Waals surface area contributed by atoms with E-state index in [0.29, 0.717) is 0 Å². The standard InChI is InChI=1S/C5H12N.Ga.N3.H/c1-4-5-6(2)3;;1-3-2;/h1,4-5H2,2-3H3;;;/q;+1;-1;. The Labute approximate surface area is 69.3 Å². The van der Waals surface area contributed by atoms with E-state index in [4.69, 9.17) is 5.53 Å². The van der Waals surface area contributed by atoms with E-state index in [2.05, 4.69) is 27.7 Å². The van der Waals surface area contributed by atoms with E-state index in [9.17, 15) is 0 Å². The minimum atomic E-state index is -0.828. The molecule has 5 heteroatoms. The molecule has 0 fully saturated rings. The predicted molar refractivity (Wildman–Crippen MR) is 44.3 cm³/mol. The maximum absolute atomic E-state index is 7.97. The summed E-state index contributed by atoms with van der Waals surface area (Å²) in [5.74, 6) is 0. The summed E-state index contributed by atoms with van der Waals surface area (Å²) >= 11 is -0.828. The summed E-state index contributed by atoms with van der Waals surface area (Å²) in [5.41, 5.74) is 7.97. The average Bonchev–Trinajstić information content (AvgIpc) is 1.87. The van der Waals surface area contributed by atoms with Gasteiger partial charge in [0.1, 0.15) is 0 Å². The van der Waals surface area contributed by atoms with Crippen molar-refractivity contribution in [2.45, 2.75) is 11.4 Å². The fourth-order valence-electron chi connectivity index (χ4n) is 0.655. The minimum absolute atomic E-state index is 0.828. The van der Waals surface area contributed by atoms with Crippen molar-refractivity contribution in [2.75, 3.05) is 20.6 Å². The molecule has 0 atom stereocenters. The van der Waals surface area contributed by atoms with Crippen LogP contribution in [0.5, 0.6) is 0 Å². The quantitative estimate of drug-likeness (QED) is 0.214. The number of azide groups is 1. The van der Waals surface area contributed by atoms with E-state index in [0.717, 1.165) is 6.54 Å². The monoisotopic (exact) mass is 198 g/mol. The fraction of sp³-hybridized carbons (Fsp3) is 1.00.